The van der Waals surface area contributed by atoms with E-state index >= 15 is 0 Å². The van der Waals surface area contributed by atoms with Gasteiger partial charge >= 0.3 is 0 Å². The van der Waals surface area contributed by atoms with Gasteiger partial charge in [-0.3, -0.25) is 0 Å². The molecule has 5 heteroatoms. The van der Waals surface area contributed by atoms with Crippen LogP contribution in [0.2, 0.25) is 0 Å². The summed E-state index contributed by atoms with van der Waals surface area (Å²) in [4.78, 5) is 0. The smallest absolute Gasteiger partial charge is 0.0641 e. The molecule has 0 atom stereocenters. The highest BCUT2D eigenvalue weighted by Gasteiger charge is 2.36. The van der Waals surface area contributed by atoms with Crippen LogP contribution < -0.4 is 0 Å². The maximum absolute atomic E-state index is 9.62. The Morgan fingerprint density at radius 1 is 0.923 bits per heavy atom. The predicted octanol–water partition coefficient (Wildman–Crippen LogP) is 0.641. The summed E-state index contributed by atoms with van der Waals surface area (Å²) in [5.41, 5.74) is -1.46. The Morgan fingerprint density at radius 3 is 1.31 bits per heavy atom. The Bertz CT molecular complexity index is 134. The first-order chi connectivity index (χ1) is 5.28. The minimum absolute atomic E-state index is 0. The summed E-state index contributed by atoms with van der Waals surface area (Å²) in [5, 5.41) is 28.5. The summed E-state index contributed by atoms with van der Waals surface area (Å²) in [6.07, 6.45) is 0. The van der Waals surface area contributed by atoms with E-state index in [-0.39, 0.29) is 25.6 Å². The van der Waals surface area contributed by atoms with E-state index in [4.69, 9.17) is 10.2 Å². The largest absolute Gasteiger partial charge is 0.394 e. The number of hydrogen-bond donors (Lipinski definition) is 3. The van der Waals surface area contributed by atoms with Gasteiger partial charge < -0.3 is 15.4 Å². The second kappa shape index (κ2) is 5.12. The summed E-state index contributed by atoms with van der Waals surface area (Å²) in [6.45, 7) is 6.48. The summed E-state index contributed by atoms with van der Waals surface area (Å²) in [7, 11) is 0. The lowest BCUT2D eigenvalue weighted by Gasteiger charge is -2.41. The third-order valence-electron chi connectivity index (χ3n) is 1.92. The van der Waals surface area contributed by atoms with Gasteiger partial charge in [0.1, 0.15) is 0 Å². The van der Waals surface area contributed by atoms with E-state index in [0.29, 0.717) is 0 Å². The molecule has 0 unspecified atom stereocenters. The molecule has 0 saturated heterocycles. The normalized spacial score (nSPS) is 12.9. The first-order valence-corrected chi connectivity index (χ1v) is 3.99. The molecule has 0 aromatic rings. The van der Waals surface area contributed by atoms with Crippen molar-refractivity contribution in [3.63, 3.8) is 0 Å². The van der Waals surface area contributed by atoms with Gasteiger partial charge in [-0.05, 0) is 27.7 Å². The summed E-state index contributed by atoms with van der Waals surface area (Å²) < 4.78 is 0. The van der Waals surface area contributed by atoms with Gasteiger partial charge in [-0.2, -0.15) is 5.06 Å². The fraction of sp³-hybridized carbons (Fsp3) is 1.00. The van der Waals surface area contributed by atoms with E-state index in [2.05, 4.69) is 0 Å². The fourth-order valence-electron chi connectivity index (χ4n) is 0.953. The molecule has 0 aliphatic heterocycles. The number of hydrogen-bond acceptors (Lipinski definition) is 4. The molecule has 0 spiro atoms. The highest BCUT2D eigenvalue weighted by atomic mass is 35.5. The van der Waals surface area contributed by atoms with Crippen LogP contribution in [0, 0.1) is 0 Å². The summed E-state index contributed by atoms with van der Waals surface area (Å²) in [5.74, 6) is 0. The Labute approximate surface area is 85.5 Å². The number of halogens is 1. The monoisotopic (exact) mass is 213 g/mol. The van der Waals surface area contributed by atoms with Crippen LogP contribution in [0.5, 0.6) is 0 Å². The zero-order chi connectivity index (χ0) is 9.99. The van der Waals surface area contributed by atoms with Gasteiger partial charge in [-0.25, -0.2) is 0 Å². The van der Waals surface area contributed by atoms with Crippen LogP contribution in [0.25, 0.3) is 0 Å². The number of rotatable bonds is 4. The summed E-state index contributed by atoms with van der Waals surface area (Å²) >= 11 is 0. The van der Waals surface area contributed by atoms with Crippen molar-refractivity contribution >= 4 is 12.4 Å². The van der Waals surface area contributed by atoms with Crippen LogP contribution in [0.15, 0.2) is 0 Å². The minimum Gasteiger partial charge on any atom is -0.394 e. The van der Waals surface area contributed by atoms with Gasteiger partial charge in [0.05, 0.1) is 24.3 Å². The first kappa shape index (κ1) is 15.6. The second-order valence-corrected chi connectivity index (χ2v) is 4.25. The van der Waals surface area contributed by atoms with Crippen LogP contribution >= 0.6 is 12.4 Å². The van der Waals surface area contributed by atoms with Crippen molar-refractivity contribution in [1.29, 1.82) is 0 Å². The molecule has 0 fully saturated rings. The van der Waals surface area contributed by atoms with Gasteiger partial charge in [0, 0.05) is 0 Å². The van der Waals surface area contributed by atoms with Crippen molar-refractivity contribution in [2.45, 2.75) is 38.8 Å². The molecule has 0 rings (SSSR count). The SMILES string of the molecule is CC(C)(CO)N(O)C(C)(C)CO.Cl. The number of nitrogens with zero attached hydrogens (tertiary/aromatic N) is 1. The Balaban J connectivity index is 0. The molecule has 0 aliphatic carbocycles. The number of aliphatic hydroxyl groups excluding tert-OH is 2. The van der Waals surface area contributed by atoms with Crippen LogP contribution in [0.1, 0.15) is 27.7 Å². The van der Waals surface area contributed by atoms with E-state index in [9.17, 15) is 5.21 Å². The highest BCUT2D eigenvalue weighted by Crippen LogP contribution is 2.21. The van der Waals surface area contributed by atoms with Crippen LogP contribution in [-0.4, -0.2) is 44.8 Å². The lowest BCUT2D eigenvalue weighted by Crippen LogP contribution is -2.57. The van der Waals surface area contributed by atoms with Crippen molar-refractivity contribution in [1.82, 2.24) is 5.06 Å². The number of hydroxylamine groups is 2. The van der Waals surface area contributed by atoms with Crippen LogP contribution in [0.4, 0.5) is 0 Å². The van der Waals surface area contributed by atoms with E-state index in [1.54, 1.807) is 27.7 Å². The molecule has 0 radical (unpaired) electrons. The molecule has 13 heavy (non-hydrogen) atoms. The van der Waals surface area contributed by atoms with Crippen molar-refractivity contribution in [2.75, 3.05) is 13.2 Å². The van der Waals surface area contributed by atoms with E-state index < -0.39 is 11.1 Å². The molecule has 0 amide bonds. The highest BCUT2D eigenvalue weighted by molar-refractivity contribution is 5.85. The van der Waals surface area contributed by atoms with Gasteiger partial charge in [0.2, 0.25) is 0 Å². The first-order valence-electron chi connectivity index (χ1n) is 3.99. The van der Waals surface area contributed by atoms with Crippen molar-refractivity contribution < 1.29 is 15.4 Å². The third kappa shape index (κ3) is 3.79. The third-order valence-corrected chi connectivity index (χ3v) is 1.92. The maximum Gasteiger partial charge on any atom is 0.0641 e. The van der Waals surface area contributed by atoms with Gasteiger partial charge in [0.15, 0.2) is 0 Å². The predicted molar refractivity (Wildman–Crippen MR) is 53.2 cm³/mol. The quantitative estimate of drug-likeness (QED) is 0.600. The molecule has 0 bridgehead atoms. The van der Waals surface area contributed by atoms with Crippen molar-refractivity contribution in [3.8, 4) is 0 Å². The molecule has 0 aromatic heterocycles. The summed E-state index contributed by atoms with van der Waals surface area (Å²) in [6, 6.07) is 0. The van der Waals surface area contributed by atoms with Crippen molar-refractivity contribution in [2.24, 2.45) is 0 Å². The lowest BCUT2D eigenvalue weighted by molar-refractivity contribution is -0.239. The van der Waals surface area contributed by atoms with E-state index in [0.717, 1.165) is 5.06 Å². The molecular weight excluding hydrogens is 194 g/mol. The maximum atomic E-state index is 9.62. The zero-order valence-electron chi connectivity index (χ0n) is 8.61. The molecule has 82 valence electrons. The lowest BCUT2D eigenvalue weighted by atomic mass is 9.98. The topological polar surface area (TPSA) is 63.9 Å². The van der Waals surface area contributed by atoms with Crippen LogP contribution in [-0.2, 0) is 0 Å². The zero-order valence-corrected chi connectivity index (χ0v) is 9.43. The molecule has 0 aliphatic rings. The Hall–Kier alpha value is 0.130. The number of aliphatic hydroxyl groups is 2. The van der Waals surface area contributed by atoms with E-state index in [1.807, 2.05) is 0 Å². The Kier molecular flexibility index (Phi) is 6.14. The average molecular weight is 214 g/mol. The van der Waals surface area contributed by atoms with Gasteiger partial charge in [-0.1, -0.05) is 0 Å². The minimum atomic E-state index is -0.730. The van der Waals surface area contributed by atoms with E-state index in [1.165, 1.54) is 0 Å². The average Bonchev–Trinajstić information content (AvgIpc) is 2.03. The molecular formula is C8H20ClNO3. The van der Waals surface area contributed by atoms with Crippen LogP contribution in [0.3, 0.4) is 0 Å². The second-order valence-electron chi connectivity index (χ2n) is 4.25. The standard InChI is InChI=1S/C8H19NO3.ClH/c1-7(2,5-10)9(12)8(3,4)6-11;/h10-12H,5-6H2,1-4H3;1H. The molecule has 0 aromatic carbocycles. The molecule has 0 saturated carbocycles. The fourth-order valence-corrected chi connectivity index (χ4v) is 0.953. The Morgan fingerprint density at radius 2 is 1.15 bits per heavy atom. The molecule has 4 nitrogen and oxygen atoms in total. The van der Waals surface area contributed by atoms with Crippen molar-refractivity contribution in [3.05, 3.63) is 0 Å². The van der Waals surface area contributed by atoms with Gasteiger partial charge in [0.25, 0.3) is 0 Å². The molecule has 3 N–H and O–H groups in total. The molecule has 0 heterocycles. The van der Waals surface area contributed by atoms with Gasteiger partial charge in [-0.15, -0.1) is 12.4 Å².